The molecule has 37 heavy (non-hydrogen) atoms. The van der Waals surface area contributed by atoms with Crippen molar-refractivity contribution in [3.05, 3.63) is 71.7 Å². The van der Waals surface area contributed by atoms with Crippen molar-refractivity contribution in [3.63, 3.8) is 0 Å². The van der Waals surface area contributed by atoms with E-state index in [1.807, 2.05) is 30.3 Å². The number of anilines is 1. The minimum Gasteiger partial charge on any atom is -0.354 e. The summed E-state index contributed by atoms with van der Waals surface area (Å²) in [6.07, 6.45) is -2.13. The van der Waals surface area contributed by atoms with Gasteiger partial charge in [0, 0.05) is 43.1 Å². The van der Waals surface area contributed by atoms with Crippen molar-refractivity contribution in [2.24, 2.45) is 0 Å². The molecule has 7 nitrogen and oxygen atoms in total. The third kappa shape index (κ3) is 5.08. The fraction of sp³-hybridized carbons (Fsp3) is 0.280. The summed E-state index contributed by atoms with van der Waals surface area (Å²) in [5, 5.41) is 17.6. The fourth-order valence-electron chi connectivity index (χ4n) is 4.67. The van der Waals surface area contributed by atoms with Gasteiger partial charge in [-0.05, 0) is 37.1 Å². The maximum absolute atomic E-state index is 13.5. The highest BCUT2D eigenvalue weighted by molar-refractivity contribution is 6.00. The Morgan fingerprint density at radius 1 is 1.05 bits per heavy atom. The predicted octanol–water partition coefficient (Wildman–Crippen LogP) is 5.34. The Kier molecular flexibility index (Phi) is 7.35. The molecule has 0 bridgehead atoms. The van der Waals surface area contributed by atoms with Crippen LogP contribution in [0.3, 0.4) is 0 Å². The smallest absolute Gasteiger partial charge is 0.354 e. The van der Waals surface area contributed by atoms with Gasteiger partial charge in [0.05, 0.1) is 16.8 Å². The summed E-state index contributed by atoms with van der Waals surface area (Å²) in [5.41, 5.74) is -0.383. The van der Waals surface area contributed by atoms with Crippen molar-refractivity contribution < 1.29 is 22.4 Å². The molecule has 0 spiro atoms. The molecule has 1 aliphatic heterocycles. The van der Waals surface area contributed by atoms with Crippen LogP contribution in [0.25, 0.3) is 22.2 Å². The minimum absolute atomic E-state index is 0. The molecule has 1 fully saturated rings. The first-order valence-corrected chi connectivity index (χ1v) is 11.4. The number of fused-ring (bicyclic) bond motifs is 1. The van der Waals surface area contributed by atoms with Crippen LogP contribution in [-0.2, 0) is 6.18 Å². The predicted molar refractivity (Wildman–Crippen MR) is 133 cm³/mol. The molecule has 0 radical (unpaired) electrons. The van der Waals surface area contributed by atoms with Crippen molar-refractivity contribution in [2.75, 3.05) is 25.0 Å². The Morgan fingerprint density at radius 3 is 2.41 bits per heavy atom. The summed E-state index contributed by atoms with van der Waals surface area (Å²) < 4.78 is 53.7. The van der Waals surface area contributed by atoms with Gasteiger partial charge in [0.15, 0.2) is 5.82 Å². The second-order valence-electron chi connectivity index (χ2n) is 8.71. The zero-order valence-corrected chi connectivity index (χ0v) is 20.5. The number of carbonyl (C=O) groups is 1. The Bertz CT molecular complexity index is 1400. The van der Waals surface area contributed by atoms with E-state index in [-0.39, 0.29) is 18.4 Å². The minimum atomic E-state index is -4.83. The second kappa shape index (κ2) is 10.3. The number of amides is 1. The van der Waals surface area contributed by atoms with Crippen LogP contribution in [0.5, 0.6) is 0 Å². The van der Waals surface area contributed by atoms with E-state index in [1.54, 1.807) is 6.20 Å². The number of halogens is 5. The van der Waals surface area contributed by atoms with E-state index in [1.165, 1.54) is 11.9 Å². The Labute approximate surface area is 215 Å². The standard InChI is InChI=1S/C25H22F4N6O.ClH/c1-34(24(36)19-7-6-15(26)14-20(19)25(27,28)29)16-9-12-35(13-10-16)23-18-5-3-2-4-17(18)22(32-33-23)21-8-11-30-31-21;/h2-8,11,14,16H,9-10,12-13H2,1H3,(H,30,31);1H. The molecule has 0 aliphatic carbocycles. The molecule has 12 heteroatoms. The molecule has 2 aromatic heterocycles. The molecule has 1 saturated heterocycles. The SMILES string of the molecule is CN(C(=O)c1ccc(F)cc1C(F)(F)F)C1CCN(c2nnc(-c3ccn[nH]3)c3ccccc23)CC1.Cl. The number of carbonyl (C=O) groups excluding carboxylic acids is 1. The highest BCUT2D eigenvalue weighted by Crippen LogP contribution is 2.35. The van der Waals surface area contributed by atoms with Crippen molar-refractivity contribution in [1.29, 1.82) is 0 Å². The van der Waals surface area contributed by atoms with Crippen molar-refractivity contribution >= 4 is 34.9 Å². The van der Waals surface area contributed by atoms with E-state index in [9.17, 15) is 22.4 Å². The van der Waals surface area contributed by atoms with Crippen LogP contribution in [0.1, 0.15) is 28.8 Å². The van der Waals surface area contributed by atoms with Crippen LogP contribution in [0.15, 0.2) is 54.7 Å². The number of H-pyrrole nitrogens is 1. The van der Waals surface area contributed by atoms with Gasteiger partial charge in [0.1, 0.15) is 11.5 Å². The second-order valence-corrected chi connectivity index (χ2v) is 8.71. The number of nitrogens with zero attached hydrogens (tertiary/aromatic N) is 5. The summed E-state index contributed by atoms with van der Waals surface area (Å²) >= 11 is 0. The Hall–Kier alpha value is -3.73. The summed E-state index contributed by atoms with van der Waals surface area (Å²) in [7, 11) is 1.49. The third-order valence-electron chi connectivity index (χ3n) is 6.57. The number of aromatic amines is 1. The zero-order valence-electron chi connectivity index (χ0n) is 19.7. The van der Waals surface area contributed by atoms with E-state index in [0.29, 0.717) is 43.5 Å². The normalized spacial score (nSPS) is 14.5. The lowest BCUT2D eigenvalue weighted by atomic mass is 10.00. The molecule has 0 unspecified atom stereocenters. The van der Waals surface area contributed by atoms with Crippen LogP contribution < -0.4 is 4.90 Å². The van der Waals surface area contributed by atoms with Crippen molar-refractivity contribution in [1.82, 2.24) is 25.3 Å². The molecule has 2 aromatic carbocycles. The van der Waals surface area contributed by atoms with E-state index < -0.39 is 29.0 Å². The Balaban J connectivity index is 0.00000320. The molecule has 1 amide bonds. The van der Waals surface area contributed by atoms with Crippen LogP contribution in [0.2, 0.25) is 0 Å². The average Bonchev–Trinajstić information content (AvgIpc) is 3.42. The summed E-state index contributed by atoms with van der Waals surface area (Å²) in [5.74, 6) is -1.11. The molecule has 0 saturated carbocycles. The average molecular weight is 535 g/mol. The van der Waals surface area contributed by atoms with Gasteiger partial charge in [-0.1, -0.05) is 24.3 Å². The Morgan fingerprint density at radius 2 is 1.76 bits per heavy atom. The van der Waals surface area contributed by atoms with Crippen LogP contribution in [0, 0.1) is 5.82 Å². The first-order valence-electron chi connectivity index (χ1n) is 11.4. The summed E-state index contributed by atoms with van der Waals surface area (Å²) in [6.45, 7) is 1.08. The summed E-state index contributed by atoms with van der Waals surface area (Å²) in [4.78, 5) is 16.4. The van der Waals surface area contributed by atoms with Gasteiger partial charge in [0.25, 0.3) is 5.91 Å². The monoisotopic (exact) mass is 534 g/mol. The van der Waals surface area contributed by atoms with Crippen molar-refractivity contribution in [2.45, 2.75) is 25.1 Å². The molecule has 1 N–H and O–H groups in total. The zero-order chi connectivity index (χ0) is 25.4. The van der Waals surface area contributed by atoms with Gasteiger partial charge in [-0.25, -0.2) is 4.39 Å². The topological polar surface area (TPSA) is 78.0 Å². The van der Waals surface area contributed by atoms with Gasteiger partial charge in [0.2, 0.25) is 0 Å². The van der Waals surface area contributed by atoms with Crippen LogP contribution in [0.4, 0.5) is 23.4 Å². The first-order chi connectivity index (χ1) is 17.2. The highest BCUT2D eigenvalue weighted by Gasteiger charge is 2.37. The van der Waals surface area contributed by atoms with Crippen molar-refractivity contribution in [3.8, 4) is 11.4 Å². The van der Waals surface area contributed by atoms with E-state index >= 15 is 0 Å². The number of alkyl halides is 3. The number of nitrogens with one attached hydrogen (secondary N) is 1. The van der Waals surface area contributed by atoms with E-state index in [2.05, 4.69) is 25.3 Å². The van der Waals surface area contributed by atoms with Gasteiger partial charge < -0.3 is 9.80 Å². The van der Waals surface area contributed by atoms with Gasteiger partial charge in [-0.3, -0.25) is 9.89 Å². The van der Waals surface area contributed by atoms with Gasteiger partial charge in [-0.15, -0.1) is 22.6 Å². The fourth-order valence-corrected chi connectivity index (χ4v) is 4.67. The van der Waals surface area contributed by atoms with Crippen LogP contribution in [-0.4, -0.2) is 57.4 Å². The molecule has 1 aliphatic rings. The molecular weight excluding hydrogens is 512 g/mol. The first kappa shape index (κ1) is 26.3. The lowest BCUT2D eigenvalue weighted by molar-refractivity contribution is -0.138. The number of hydrogen-bond donors (Lipinski definition) is 1. The highest BCUT2D eigenvalue weighted by atomic mass is 35.5. The number of hydrogen-bond acceptors (Lipinski definition) is 5. The van der Waals surface area contributed by atoms with E-state index in [4.69, 9.17) is 0 Å². The van der Waals surface area contributed by atoms with Gasteiger partial charge in [-0.2, -0.15) is 18.3 Å². The van der Waals surface area contributed by atoms with Crippen LogP contribution >= 0.6 is 12.4 Å². The number of rotatable bonds is 4. The quantitative estimate of drug-likeness (QED) is 0.358. The third-order valence-corrected chi connectivity index (χ3v) is 6.57. The number of piperidine rings is 1. The maximum atomic E-state index is 13.5. The number of aromatic nitrogens is 4. The molecular formula is C25H23ClF4N6O. The molecule has 3 heterocycles. The lowest BCUT2D eigenvalue weighted by Gasteiger charge is -2.37. The maximum Gasteiger partial charge on any atom is 0.417 e. The molecule has 194 valence electrons. The molecule has 0 atom stereocenters. The molecule has 4 aromatic rings. The largest absolute Gasteiger partial charge is 0.417 e. The molecule has 5 rings (SSSR count). The summed E-state index contributed by atoms with van der Waals surface area (Å²) in [6, 6.07) is 11.4. The van der Waals surface area contributed by atoms with E-state index in [0.717, 1.165) is 28.6 Å². The number of benzene rings is 2. The van der Waals surface area contributed by atoms with Gasteiger partial charge >= 0.3 is 6.18 Å². The lowest BCUT2D eigenvalue weighted by Crippen LogP contribution is -2.46.